The molecule has 0 bridgehead atoms. The van der Waals surface area contributed by atoms with Gasteiger partial charge < -0.3 is 10.1 Å². The van der Waals surface area contributed by atoms with Crippen molar-refractivity contribution in [2.45, 2.75) is 24.0 Å². The van der Waals surface area contributed by atoms with Crippen LogP contribution in [0.5, 0.6) is 5.75 Å². The average Bonchev–Trinajstić information content (AvgIpc) is 2.82. The van der Waals surface area contributed by atoms with Crippen LogP contribution in [0.1, 0.15) is 24.1 Å². The second-order valence-corrected chi connectivity index (χ2v) is 9.79. The molecule has 3 aromatic rings. The molecule has 0 aliphatic rings. The monoisotopic (exact) mass is 526 g/mol. The van der Waals surface area contributed by atoms with Crippen LogP contribution in [0.15, 0.2) is 77.7 Å². The molecule has 186 valence electrons. The third-order valence-corrected chi connectivity index (χ3v) is 7.24. The van der Waals surface area contributed by atoms with Gasteiger partial charge in [0.15, 0.2) is 0 Å². The minimum absolute atomic E-state index is 0.209. The molecule has 0 unspecified atom stereocenters. The van der Waals surface area contributed by atoms with Crippen LogP contribution in [-0.4, -0.2) is 28.0 Å². The fraction of sp³-hybridized carbons (Fsp3) is 0.208. The number of benzene rings is 3. The summed E-state index contributed by atoms with van der Waals surface area (Å²) in [4.78, 5) is 12.7. The summed E-state index contributed by atoms with van der Waals surface area (Å²) < 4.78 is 72.8. The molecular weight excluding hydrogens is 505 g/mol. The SMILES string of the molecule is COc1ccccc1[C@H](C)NC(=O)CN(c1cc(C(F)(F)F)ccc1Cl)S(=O)(=O)c1ccccc1. The zero-order valence-electron chi connectivity index (χ0n) is 18.7. The summed E-state index contributed by atoms with van der Waals surface area (Å²) in [7, 11) is -2.98. The first kappa shape index (κ1) is 26.4. The van der Waals surface area contributed by atoms with E-state index < -0.39 is 45.9 Å². The molecule has 35 heavy (non-hydrogen) atoms. The molecule has 0 radical (unpaired) electrons. The highest BCUT2D eigenvalue weighted by molar-refractivity contribution is 7.92. The molecule has 6 nitrogen and oxygen atoms in total. The van der Waals surface area contributed by atoms with Gasteiger partial charge in [-0.15, -0.1) is 0 Å². The topological polar surface area (TPSA) is 75.7 Å². The molecule has 3 rings (SSSR count). The molecular formula is C24H22ClF3N2O4S. The summed E-state index contributed by atoms with van der Waals surface area (Å²) in [6.07, 6.45) is -4.75. The number of carbonyl (C=O) groups is 1. The number of sulfonamides is 1. The number of halogens is 4. The number of carbonyl (C=O) groups excluding carboxylic acids is 1. The number of alkyl halides is 3. The summed E-state index contributed by atoms with van der Waals surface area (Å²) in [5.41, 5.74) is -0.934. The van der Waals surface area contributed by atoms with E-state index in [2.05, 4.69) is 5.32 Å². The number of nitrogens with zero attached hydrogens (tertiary/aromatic N) is 1. The maximum atomic E-state index is 13.4. The van der Waals surface area contributed by atoms with E-state index in [0.717, 1.165) is 12.1 Å². The van der Waals surface area contributed by atoms with Crippen LogP contribution in [0.4, 0.5) is 18.9 Å². The molecule has 0 fully saturated rings. The lowest BCUT2D eigenvalue weighted by Gasteiger charge is -2.26. The van der Waals surface area contributed by atoms with E-state index in [4.69, 9.17) is 16.3 Å². The fourth-order valence-corrected chi connectivity index (χ4v) is 5.14. The Kier molecular flexibility index (Phi) is 7.97. The van der Waals surface area contributed by atoms with E-state index in [0.29, 0.717) is 21.7 Å². The maximum absolute atomic E-state index is 13.4. The lowest BCUT2D eigenvalue weighted by molar-refractivity contribution is -0.137. The third-order valence-electron chi connectivity index (χ3n) is 5.14. The Bertz CT molecular complexity index is 1300. The number of nitrogens with one attached hydrogen (secondary N) is 1. The largest absolute Gasteiger partial charge is 0.496 e. The van der Waals surface area contributed by atoms with Gasteiger partial charge in [0, 0.05) is 5.56 Å². The number of anilines is 1. The van der Waals surface area contributed by atoms with Crippen LogP contribution in [0.3, 0.4) is 0 Å². The quantitative estimate of drug-likeness (QED) is 0.424. The highest BCUT2D eigenvalue weighted by atomic mass is 35.5. The van der Waals surface area contributed by atoms with Crippen molar-refractivity contribution in [3.63, 3.8) is 0 Å². The Labute approximate surface area is 206 Å². The molecule has 0 spiro atoms. The lowest BCUT2D eigenvalue weighted by atomic mass is 10.1. The summed E-state index contributed by atoms with van der Waals surface area (Å²) >= 11 is 6.14. The Hall–Kier alpha value is -3.24. The predicted octanol–water partition coefficient (Wildman–Crippen LogP) is 5.44. The summed E-state index contributed by atoms with van der Waals surface area (Å²) in [5, 5.41) is 2.41. The van der Waals surface area contributed by atoms with Gasteiger partial charge in [0.1, 0.15) is 12.3 Å². The van der Waals surface area contributed by atoms with E-state index >= 15 is 0 Å². The third kappa shape index (κ3) is 6.07. The van der Waals surface area contributed by atoms with Gasteiger partial charge in [-0.2, -0.15) is 13.2 Å². The average molecular weight is 527 g/mol. The van der Waals surface area contributed by atoms with Gasteiger partial charge in [-0.3, -0.25) is 9.10 Å². The Balaban J connectivity index is 2.01. The maximum Gasteiger partial charge on any atom is 0.416 e. The molecule has 11 heteroatoms. The van der Waals surface area contributed by atoms with E-state index in [1.54, 1.807) is 37.3 Å². The number of methoxy groups -OCH3 is 1. The number of amides is 1. The molecule has 3 aromatic carbocycles. The van der Waals surface area contributed by atoms with Crippen LogP contribution in [-0.2, 0) is 21.0 Å². The first-order valence-corrected chi connectivity index (χ1v) is 12.1. The predicted molar refractivity (Wildman–Crippen MR) is 127 cm³/mol. The molecule has 0 saturated carbocycles. The van der Waals surface area contributed by atoms with E-state index in [1.807, 2.05) is 0 Å². The standard InChI is InChI=1S/C24H22ClF3N2O4S/c1-16(19-10-6-7-11-22(19)34-2)29-23(31)15-30(35(32,33)18-8-4-3-5-9-18)21-14-17(24(26,27)28)12-13-20(21)25/h3-14,16H,15H2,1-2H3,(H,29,31)/t16-/m0/s1. The highest BCUT2D eigenvalue weighted by Crippen LogP contribution is 2.37. The zero-order chi connectivity index (χ0) is 25.8. The van der Waals surface area contributed by atoms with Crippen LogP contribution in [0, 0.1) is 0 Å². The number of para-hydroxylation sites is 1. The first-order valence-electron chi connectivity index (χ1n) is 10.3. The van der Waals surface area contributed by atoms with Crippen LogP contribution < -0.4 is 14.4 Å². The molecule has 1 atom stereocenters. The Morgan fingerprint density at radius 1 is 1.06 bits per heavy atom. The number of hydrogen-bond donors (Lipinski definition) is 1. The van der Waals surface area contributed by atoms with Gasteiger partial charge >= 0.3 is 6.18 Å². The van der Waals surface area contributed by atoms with Gasteiger partial charge in [0.05, 0.1) is 34.3 Å². The second kappa shape index (κ2) is 10.6. The van der Waals surface area contributed by atoms with Crippen molar-refractivity contribution in [1.82, 2.24) is 5.32 Å². The lowest BCUT2D eigenvalue weighted by Crippen LogP contribution is -2.41. The molecule has 1 amide bonds. The van der Waals surface area contributed by atoms with Crippen LogP contribution >= 0.6 is 11.6 Å². The van der Waals surface area contributed by atoms with Crippen molar-refractivity contribution in [3.8, 4) is 5.75 Å². The van der Waals surface area contributed by atoms with Crippen LogP contribution in [0.25, 0.3) is 0 Å². The second-order valence-electron chi connectivity index (χ2n) is 7.52. The number of ether oxygens (including phenoxy) is 1. The van der Waals surface area contributed by atoms with E-state index in [9.17, 15) is 26.4 Å². The Morgan fingerprint density at radius 3 is 2.31 bits per heavy atom. The molecule has 0 aliphatic carbocycles. The molecule has 0 heterocycles. The van der Waals surface area contributed by atoms with Crippen molar-refractivity contribution in [2.75, 3.05) is 18.0 Å². The normalized spacial score (nSPS) is 12.6. The molecule has 0 saturated heterocycles. The van der Waals surface area contributed by atoms with Crippen molar-refractivity contribution in [2.24, 2.45) is 0 Å². The fourth-order valence-electron chi connectivity index (χ4n) is 3.42. The van der Waals surface area contributed by atoms with Crippen molar-refractivity contribution in [3.05, 3.63) is 88.9 Å². The summed E-state index contributed by atoms with van der Waals surface area (Å²) in [5.74, 6) is -0.244. The van der Waals surface area contributed by atoms with Gasteiger partial charge in [-0.1, -0.05) is 48.0 Å². The zero-order valence-corrected chi connectivity index (χ0v) is 20.3. The molecule has 0 aliphatic heterocycles. The minimum Gasteiger partial charge on any atom is -0.496 e. The Morgan fingerprint density at radius 2 is 1.69 bits per heavy atom. The molecule has 1 N–H and O–H groups in total. The van der Waals surface area contributed by atoms with Crippen molar-refractivity contribution < 1.29 is 31.1 Å². The van der Waals surface area contributed by atoms with Gasteiger partial charge in [-0.25, -0.2) is 8.42 Å². The first-order chi connectivity index (χ1) is 16.4. The van der Waals surface area contributed by atoms with Crippen LogP contribution in [0.2, 0.25) is 5.02 Å². The minimum atomic E-state index is -4.75. The van der Waals surface area contributed by atoms with E-state index in [-0.39, 0.29) is 9.92 Å². The summed E-state index contributed by atoms with van der Waals surface area (Å²) in [6, 6.07) is 15.7. The van der Waals surface area contributed by atoms with Crippen molar-refractivity contribution >= 4 is 33.2 Å². The van der Waals surface area contributed by atoms with Gasteiger partial charge in [-0.05, 0) is 43.3 Å². The number of rotatable bonds is 8. The van der Waals surface area contributed by atoms with Gasteiger partial charge in [0.2, 0.25) is 5.91 Å². The van der Waals surface area contributed by atoms with Crippen molar-refractivity contribution in [1.29, 1.82) is 0 Å². The molecule has 0 aromatic heterocycles. The summed E-state index contributed by atoms with van der Waals surface area (Å²) in [6.45, 7) is 0.862. The van der Waals surface area contributed by atoms with Gasteiger partial charge in [0.25, 0.3) is 10.0 Å². The highest BCUT2D eigenvalue weighted by Gasteiger charge is 2.34. The van der Waals surface area contributed by atoms with E-state index in [1.165, 1.54) is 31.4 Å². The smallest absolute Gasteiger partial charge is 0.416 e. The number of hydrogen-bond acceptors (Lipinski definition) is 4.